The zero-order chi connectivity index (χ0) is 19.6. The summed E-state index contributed by atoms with van der Waals surface area (Å²) >= 11 is 0. The molecule has 6 heteroatoms. The third-order valence-electron chi connectivity index (χ3n) is 4.29. The van der Waals surface area contributed by atoms with Crippen molar-refractivity contribution in [2.45, 2.75) is 39.7 Å². The minimum absolute atomic E-state index is 0.0181. The maximum absolute atomic E-state index is 12.5. The fourth-order valence-corrected chi connectivity index (χ4v) is 2.81. The second kappa shape index (κ2) is 7.61. The molecule has 3 aromatic rings. The van der Waals surface area contributed by atoms with E-state index < -0.39 is 18.0 Å². The van der Waals surface area contributed by atoms with E-state index in [-0.39, 0.29) is 11.5 Å². The van der Waals surface area contributed by atoms with E-state index in [2.05, 4.69) is 10.5 Å². The number of nitrogens with one attached hydrogen (secondary N) is 1. The first-order valence-electron chi connectivity index (χ1n) is 8.83. The van der Waals surface area contributed by atoms with E-state index in [1.807, 2.05) is 56.3 Å². The molecule has 1 atom stereocenters. The van der Waals surface area contributed by atoms with Gasteiger partial charge in [-0.15, -0.1) is 0 Å². The number of carbonyl (C=O) groups is 2. The number of esters is 1. The van der Waals surface area contributed by atoms with Crippen LogP contribution < -0.4 is 5.32 Å². The summed E-state index contributed by atoms with van der Waals surface area (Å²) in [4.78, 5) is 24.9. The third kappa shape index (κ3) is 4.00. The average Bonchev–Trinajstić information content (AvgIpc) is 3.03. The van der Waals surface area contributed by atoms with Gasteiger partial charge in [-0.25, -0.2) is 4.79 Å². The Bertz CT molecular complexity index is 991. The van der Waals surface area contributed by atoms with E-state index in [0.717, 1.165) is 10.8 Å². The second-order valence-electron chi connectivity index (χ2n) is 6.76. The Labute approximate surface area is 157 Å². The van der Waals surface area contributed by atoms with Gasteiger partial charge in [-0.05, 0) is 36.8 Å². The van der Waals surface area contributed by atoms with Crippen LogP contribution in [0.2, 0.25) is 0 Å². The Hall–Kier alpha value is -3.15. The van der Waals surface area contributed by atoms with Crippen LogP contribution in [-0.2, 0) is 9.53 Å². The maximum atomic E-state index is 12.5. The molecular formula is C21H22N2O4. The Morgan fingerprint density at radius 3 is 2.48 bits per heavy atom. The molecule has 140 valence electrons. The largest absolute Gasteiger partial charge is 0.449 e. The van der Waals surface area contributed by atoms with Gasteiger partial charge in [-0.2, -0.15) is 0 Å². The molecular weight excluding hydrogens is 344 g/mol. The van der Waals surface area contributed by atoms with Gasteiger partial charge < -0.3 is 14.6 Å². The minimum Gasteiger partial charge on any atom is -0.449 e. The molecule has 1 N–H and O–H groups in total. The van der Waals surface area contributed by atoms with Crippen molar-refractivity contribution in [2.24, 2.45) is 0 Å². The van der Waals surface area contributed by atoms with Crippen molar-refractivity contribution < 1.29 is 18.8 Å². The molecule has 0 radical (unpaired) electrons. The highest BCUT2D eigenvalue weighted by atomic mass is 16.5. The van der Waals surface area contributed by atoms with E-state index in [9.17, 15) is 9.59 Å². The predicted molar refractivity (Wildman–Crippen MR) is 103 cm³/mol. The third-order valence-corrected chi connectivity index (χ3v) is 4.29. The summed E-state index contributed by atoms with van der Waals surface area (Å²) in [6, 6.07) is 13.5. The summed E-state index contributed by atoms with van der Waals surface area (Å²) in [6.45, 7) is 7.00. The van der Waals surface area contributed by atoms with Crippen LogP contribution in [0.4, 0.5) is 5.69 Å². The van der Waals surface area contributed by atoms with E-state index in [4.69, 9.17) is 9.26 Å². The number of nitrogens with zero attached hydrogens (tertiary/aromatic N) is 1. The first-order valence-corrected chi connectivity index (χ1v) is 8.83. The fourth-order valence-electron chi connectivity index (χ4n) is 2.81. The first kappa shape index (κ1) is 18.6. The molecule has 0 fully saturated rings. The first-order chi connectivity index (χ1) is 12.9. The summed E-state index contributed by atoms with van der Waals surface area (Å²) < 4.78 is 10.5. The lowest BCUT2D eigenvalue weighted by atomic mass is 10.1. The summed E-state index contributed by atoms with van der Waals surface area (Å²) in [5.74, 6) is -0.576. The van der Waals surface area contributed by atoms with Crippen LogP contribution in [0.15, 0.2) is 47.0 Å². The van der Waals surface area contributed by atoms with E-state index in [0.29, 0.717) is 17.1 Å². The van der Waals surface area contributed by atoms with Crippen molar-refractivity contribution in [3.63, 3.8) is 0 Å². The van der Waals surface area contributed by atoms with Crippen molar-refractivity contribution in [1.29, 1.82) is 0 Å². The van der Waals surface area contributed by atoms with E-state index in [1.54, 1.807) is 6.92 Å². The van der Waals surface area contributed by atoms with Gasteiger partial charge in [0.05, 0.1) is 5.69 Å². The zero-order valence-electron chi connectivity index (χ0n) is 15.8. The van der Waals surface area contributed by atoms with Gasteiger partial charge in [0, 0.05) is 11.6 Å². The molecule has 1 amide bonds. The molecule has 1 aromatic heterocycles. The van der Waals surface area contributed by atoms with E-state index >= 15 is 0 Å². The number of rotatable bonds is 5. The molecule has 3 rings (SSSR count). The highest BCUT2D eigenvalue weighted by molar-refractivity contribution is 5.99. The van der Waals surface area contributed by atoms with Crippen LogP contribution in [0.1, 0.15) is 48.5 Å². The number of aromatic nitrogens is 1. The second-order valence-corrected chi connectivity index (χ2v) is 6.76. The molecule has 1 heterocycles. The summed E-state index contributed by atoms with van der Waals surface area (Å²) in [5.41, 5.74) is 1.38. The van der Waals surface area contributed by atoms with Crippen LogP contribution >= 0.6 is 0 Å². The number of aryl methyl sites for hydroxylation is 1. The molecule has 0 aliphatic carbocycles. The molecule has 0 bridgehead atoms. The van der Waals surface area contributed by atoms with Crippen LogP contribution in [0.25, 0.3) is 10.8 Å². The maximum Gasteiger partial charge on any atom is 0.344 e. The highest BCUT2D eigenvalue weighted by Gasteiger charge is 2.27. The summed E-state index contributed by atoms with van der Waals surface area (Å²) in [5, 5.41) is 8.71. The molecule has 0 spiro atoms. The number of anilines is 1. The Kier molecular flexibility index (Phi) is 5.26. The number of amides is 1. The van der Waals surface area contributed by atoms with Crippen molar-refractivity contribution in [2.75, 3.05) is 5.32 Å². The van der Waals surface area contributed by atoms with Crippen molar-refractivity contribution in [3.05, 3.63) is 59.5 Å². The summed E-state index contributed by atoms with van der Waals surface area (Å²) in [6.07, 6.45) is -0.960. The van der Waals surface area contributed by atoms with Crippen molar-refractivity contribution in [3.8, 4) is 0 Å². The standard InChI is InChI=1S/C21H22N2O4/c1-12(2)19-18(13(3)23-27-19)21(25)26-14(4)20(24)22-17-10-9-15-7-5-6-8-16(15)11-17/h5-12,14H,1-4H3,(H,22,24)/t14-/m1/s1. The SMILES string of the molecule is Cc1noc(C(C)C)c1C(=O)O[C@H](C)C(=O)Nc1ccc2ccccc2c1. The monoisotopic (exact) mass is 366 g/mol. The van der Waals surface area contributed by atoms with Crippen LogP contribution in [-0.4, -0.2) is 23.1 Å². The van der Waals surface area contributed by atoms with Gasteiger partial charge in [-0.3, -0.25) is 4.79 Å². The smallest absolute Gasteiger partial charge is 0.344 e. The highest BCUT2D eigenvalue weighted by Crippen LogP contribution is 2.24. The van der Waals surface area contributed by atoms with Crippen LogP contribution in [0, 0.1) is 6.92 Å². The lowest BCUT2D eigenvalue weighted by molar-refractivity contribution is -0.123. The Balaban J connectivity index is 1.70. The molecule has 0 saturated carbocycles. The molecule has 27 heavy (non-hydrogen) atoms. The number of hydrogen-bond acceptors (Lipinski definition) is 5. The predicted octanol–water partition coefficient (Wildman–Crippen LogP) is 4.44. The van der Waals surface area contributed by atoms with Crippen LogP contribution in [0.3, 0.4) is 0 Å². The van der Waals surface area contributed by atoms with Gasteiger partial charge in [0.15, 0.2) is 11.9 Å². The number of carbonyl (C=O) groups excluding carboxylic acids is 2. The average molecular weight is 366 g/mol. The van der Waals surface area contributed by atoms with Gasteiger partial charge in [0.1, 0.15) is 5.56 Å². The Morgan fingerprint density at radius 1 is 1.07 bits per heavy atom. The lowest BCUT2D eigenvalue weighted by Crippen LogP contribution is -2.30. The van der Waals surface area contributed by atoms with Gasteiger partial charge in [0.25, 0.3) is 5.91 Å². The topological polar surface area (TPSA) is 81.4 Å². The van der Waals surface area contributed by atoms with Crippen molar-refractivity contribution >= 4 is 28.3 Å². The van der Waals surface area contributed by atoms with Gasteiger partial charge in [-0.1, -0.05) is 49.3 Å². The number of fused-ring (bicyclic) bond motifs is 1. The Morgan fingerprint density at radius 2 is 1.78 bits per heavy atom. The number of benzene rings is 2. The normalized spacial score (nSPS) is 12.2. The quantitative estimate of drug-likeness (QED) is 0.675. The molecule has 0 saturated heterocycles. The lowest BCUT2D eigenvalue weighted by Gasteiger charge is -2.14. The van der Waals surface area contributed by atoms with Crippen molar-refractivity contribution in [1.82, 2.24) is 5.16 Å². The zero-order valence-corrected chi connectivity index (χ0v) is 15.8. The molecule has 0 aliphatic heterocycles. The van der Waals surface area contributed by atoms with E-state index in [1.165, 1.54) is 6.92 Å². The van der Waals surface area contributed by atoms with Gasteiger partial charge >= 0.3 is 5.97 Å². The van der Waals surface area contributed by atoms with Crippen LogP contribution in [0.5, 0.6) is 0 Å². The minimum atomic E-state index is -0.960. The van der Waals surface area contributed by atoms with Gasteiger partial charge in [0.2, 0.25) is 0 Å². The number of ether oxygens (including phenoxy) is 1. The fraction of sp³-hybridized carbons (Fsp3) is 0.286. The number of hydrogen-bond donors (Lipinski definition) is 1. The molecule has 0 aliphatic rings. The summed E-state index contributed by atoms with van der Waals surface area (Å²) in [7, 11) is 0. The molecule has 2 aromatic carbocycles. The molecule has 6 nitrogen and oxygen atoms in total. The molecule has 0 unspecified atom stereocenters.